The summed E-state index contributed by atoms with van der Waals surface area (Å²) in [5.74, 6) is 0. The standard InChI is InChI=1S/C5H9NO3Se/c7-4-2-10-1-3(6-9)5(4)8/h3-5,7-8H,1-2H2. The van der Waals surface area contributed by atoms with Gasteiger partial charge in [0.05, 0.1) is 0 Å². The summed E-state index contributed by atoms with van der Waals surface area (Å²) in [5.41, 5.74) is 0. The Labute approximate surface area is 64.8 Å². The first-order chi connectivity index (χ1) is 4.75. The molecular weight excluding hydrogens is 201 g/mol. The predicted octanol–water partition coefficient (Wildman–Crippen LogP) is -0.602. The van der Waals surface area contributed by atoms with Crippen LogP contribution in [0.15, 0.2) is 5.18 Å². The summed E-state index contributed by atoms with van der Waals surface area (Å²) in [4.78, 5) is 10.0. The molecule has 58 valence electrons. The quantitative estimate of drug-likeness (QED) is 0.448. The minimum atomic E-state index is -0.923. The van der Waals surface area contributed by atoms with Gasteiger partial charge in [-0.05, 0) is 0 Å². The van der Waals surface area contributed by atoms with Gasteiger partial charge in [-0.1, -0.05) is 0 Å². The zero-order valence-electron chi connectivity index (χ0n) is 5.30. The van der Waals surface area contributed by atoms with E-state index < -0.39 is 18.2 Å². The molecule has 1 aliphatic heterocycles. The predicted molar refractivity (Wildman–Crippen MR) is 37.0 cm³/mol. The maximum absolute atomic E-state index is 10.0. The van der Waals surface area contributed by atoms with Gasteiger partial charge in [-0.15, -0.1) is 0 Å². The van der Waals surface area contributed by atoms with Crippen LogP contribution in [-0.4, -0.2) is 43.4 Å². The first kappa shape index (κ1) is 8.14. The molecule has 10 heavy (non-hydrogen) atoms. The van der Waals surface area contributed by atoms with E-state index in [0.29, 0.717) is 10.6 Å². The van der Waals surface area contributed by atoms with Gasteiger partial charge in [0, 0.05) is 0 Å². The summed E-state index contributed by atoms with van der Waals surface area (Å²) in [6.45, 7) is 0. The fourth-order valence-electron chi connectivity index (χ4n) is 0.856. The molecule has 0 bridgehead atoms. The van der Waals surface area contributed by atoms with Crippen molar-refractivity contribution >= 4 is 15.0 Å². The van der Waals surface area contributed by atoms with E-state index in [0.717, 1.165) is 0 Å². The zero-order valence-corrected chi connectivity index (χ0v) is 7.02. The second-order valence-electron chi connectivity index (χ2n) is 2.27. The maximum atomic E-state index is 10.0. The van der Waals surface area contributed by atoms with Crippen LogP contribution in [0.25, 0.3) is 0 Å². The van der Waals surface area contributed by atoms with Crippen LogP contribution >= 0.6 is 0 Å². The van der Waals surface area contributed by atoms with Crippen molar-refractivity contribution in [2.75, 3.05) is 0 Å². The van der Waals surface area contributed by atoms with Gasteiger partial charge >= 0.3 is 64.1 Å². The van der Waals surface area contributed by atoms with E-state index in [9.17, 15) is 4.91 Å². The Bertz CT molecular complexity index is 132. The second kappa shape index (κ2) is 3.44. The SMILES string of the molecule is O=NC1C[Se]CC(O)C1O. The molecule has 0 aromatic heterocycles. The molecule has 1 aliphatic rings. The Kier molecular flexibility index (Phi) is 2.80. The monoisotopic (exact) mass is 211 g/mol. The molecule has 0 aromatic carbocycles. The third kappa shape index (κ3) is 1.55. The van der Waals surface area contributed by atoms with E-state index in [1.165, 1.54) is 0 Å². The molecule has 1 saturated heterocycles. The van der Waals surface area contributed by atoms with Crippen LogP contribution < -0.4 is 0 Å². The van der Waals surface area contributed by atoms with E-state index in [-0.39, 0.29) is 15.0 Å². The van der Waals surface area contributed by atoms with Gasteiger partial charge in [0.1, 0.15) is 0 Å². The second-order valence-corrected chi connectivity index (χ2v) is 4.52. The minimum absolute atomic E-state index is 0.275. The molecule has 5 heteroatoms. The summed E-state index contributed by atoms with van der Waals surface area (Å²) in [6.07, 6.45) is -1.65. The van der Waals surface area contributed by atoms with Crippen molar-refractivity contribution in [3.8, 4) is 0 Å². The molecule has 1 heterocycles. The van der Waals surface area contributed by atoms with Gasteiger partial charge < -0.3 is 0 Å². The Morgan fingerprint density at radius 1 is 1.40 bits per heavy atom. The molecule has 1 fully saturated rings. The van der Waals surface area contributed by atoms with Crippen molar-refractivity contribution in [2.45, 2.75) is 28.9 Å². The molecular formula is C5H9NO3Se. The van der Waals surface area contributed by atoms with Crippen molar-refractivity contribution in [3.05, 3.63) is 4.91 Å². The van der Waals surface area contributed by atoms with Crippen molar-refractivity contribution < 1.29 is 10.2 Å². The Morgan fingerprint density at radius 2 is 2.10 bits per heavy atom. The number of nitroso groups, excluding NO2 is 1. The molecule has 3 atom stereocenters. The summed E-state index contributed by atoms with van der Waals surface area (Å²) in [5, 5.41) is 22.2. The first-order valence-corrected chi connectivity index (χ1v) is 5.44. The van der Waals surface area contributed by atoms with E-state index in [2.05, 4.69) is 5.18 Å². The van der Waals surface area contributed by atoms with E-state index in [1.807, 2.05) is 0 Å². The van der Waals surface area contributed by atoms with Crippen LogP contribution in [0.5, 0.6) is 0 Å². The summed E-state index contributed by atoms with van der Waals surface area (Å²) < 4.78 is 0. The van der Waals surface area contributed by atoms with Crippen LogP contribution in [0.1, 0.15) is 0 Å². The molecule has 0 radical (unpaired) electrons. The van der Waals surface area contributed by atoms with Gasteiger partial charge in [0.2, 0.25) is 0 Å². The summed E-state index contributed by atoms with van der Waals surface area (Å²) in [6, 6.07) is -0.566. The molecule has 1 rings (SSSR count). The van der Waals surface area contributed by atoms with Crippen LogP contribution in [0.3, 0.4) is 0 Å². The van der Waals surface area contributed by atoms with Crippen LogP contribution in [0, 0.1) is 4.91 Å². The van der Waals surface area contributed by atoms with E-state index >= 15 is 0 Å². The first-order valence-electron chi connectivity index (χ1n) is 3.02. The number of hydrogen-bond acceptors (Lipinski definition) is 4. The van der Waals surface area contributed by atoms with Crippen LogP contribution in [0.2, 0.25) is 10.6 Å². The number of hydrogen-bond donors (Lipinski definition) is 2. The van der Waals surface area contributed by atoms with Gasteiger partial charge in [0.15, 0.2) is 0 Å². The van der Waals surface area contributed by atoms with Gasteiger partial charge in [-0.3, -0.25) is 0 Å². The number of nitrogens with zero attached hydrogens (tertiary/aromatic N) is 1. The molecule has 0 aromatic rings. The number of aliphatic hydroxyl groups is 2. The Morgan fingerprint density at radius 3 is 2.60 bits per heavy atom. The fraction of sp³-hybridized carbons (Fsp3) is 1.00. The normalized spacial score (nSPS) is 41.2. The molecule has 2 N–H and O–H groups in total. The molecule has 0 aliphatic carbocycles. The Balaban J connectivity index is 2.50. The van der Waals surface area contributed by atoms with Crippen LogP contribution in [0.4, 0.5) is 0 Å². The van der Waals surface area contributed by atoms with E-state index in [4.69, 9.17) is 10.2 Å². The zero-order chi connectivity index (χ0) is 7.56. The summed E-state index contributed by atoms with van der Waals surface area (Å²) >= 11 is 0.275. The molecule has 3 unspecified atom stereocenters. The molecule has 0 spiro atoms. The van der Waals surface area contributed by atoms with Crippen molar-refractivity contribution in [2.24, 2.45) is 5.18 Å². The fourth-order valence-corrected chi connectivity index (χ4v) is 3.11. The molecule has 0 amide bonds. The van der Waals surface area contributed by atoms with Gasteiger partial charge in [-0.25, -0.2) is 0 Å². The molecule has 4 nitrogen and oxygen atoms in total. The average Bonchev–Trinajstić information content (AvgIpc) is 1.95. The van der Waals surface area contributed by atoms with Gasteiger partial charge in [0.25, 0.3) is 0 Å². The van der Waals surface area contributed by atoms with Crippen molar-refractivity contribution in [1.82, 2.24) is 0 Å². The number of aliphatic hydroxyl groups excluding tert-OH is 2. The Hall–Kier alpha value is 0.0395. The summed E-state index contributed by atoms with van der Waals surface area (Å²) in [7, 11) is 0. The van der Waals surface area contributed by atoms with Crippen molar-refractivity contribution in [3.63, 3.8) is 0 Å². The third-order valence-corrected chi connectivity index (χ3v) is 3.92. The van der Waals surface area contributed by atoms with E-state index in [1.54, 1.807) is 0 Å². The topological polar surface area (TPSA) is 69.9 Å². The van der Waals surface area contributed by atoms with Crippen molar-refractivity contribution in [1.29, 1.82) is 0 Å². The average molecular weight is 210 g/mol. The van der Waals surface area contributed by atoms with Gasteiger partial charge in [-0.2, -0.15) is 0 Å². The number of rotatable bonds is 1. The van der Waals surface area contributed by atoms with Crippen LogP contribution in [-0.2, 0) is 0 Å². The third-order valence-electron chi connectivity index (χ3n) is 1.50. The molecule has 0 saturated carbocycles.